The van der Waals surface area contributed by atoms with Crippen LogP contribution in [0.5, 0.6) is 11.5 Å². The molecule has 67 heavy (non-hydrogen) atoms. The van der Waals surface area contributed by atoms with Crippen LogP contribution in [0.2, 0.25) is 0 Å². The molecule has 314 valence electrons. The molecule has 1 aliphatic heterocycles. The first-order valence-corrected chi connectivity index (χ1v) is 23.1. The zero-order chi connectivity index (χ0) is 44.3. The highest BCUT2D eigenvalue weighted by molar-refractivity contribution is 6.05. The summed E-state index contributed by atoms with van der Waals surface area (Å²) in [5.41, 5.74) is 19.5. The van der Waals surface area contributed by atoms with Crippen molar-refractivity contribution in [3.8, 4) is 67.1 Å². The summed E-state index contributed by atoms with van der Waals surface area (Å²) in [5, 5.41) is 2.33. The molecule has 11 aromatic carbocycles. The van der Waals surface area contributed by atoms with Gasteiger partial charge in [-0.05, 0) is 109 Å². The SMILES string of the molecule is c1ccc(-c2ccc(-c3ccc(N(c4ccccc4-c4ccc5c(c4)-c4cccc6cccc(c46)O5)c4cccc5c4-c4ccccc4C5(c4ccccc4)c4ccccc4)cc3)cc2)cc1. The van der Waals surface area contributed by atoms with Crippen LogP contribution in [0.3, 0.4) is 0 Å². The van der Waals surface area contributed by atoms with Crippen molar-refractivity contribution in [1.82, 2.24) is 0 Å². The monoisotopic (exact) mass is 853 g/mol. The quantitative estimate of drug-likeness (QED) is 0.151. The molecule has 0 unspecified atom stereocenters. The van der Waals surface area contributed by atoms with Gasteiger partial charge in [-0.25, -0.2) is 0 Å². The maximum Gasteiger partial charge on any atom is 0.135 e. The van der Waals surface area contributed by atoms with Crippen LogP contribution in [0.25, 0.3) is 66.4 Å². The molecule has 1 heterocycles. The fourth-order valence-corrected chi connectivity index (χ4v) is 11.0. The second kappa shape index (κ2) is 15.8. The number of rotatable bonds is 8. The third-order valence-electron chi connectivity index (χ3n) is 14.0. The van der Waals surface area contributed by atoms with E-state index in [0.717, 1.165) is 56.2 Å². The standard InChI is InChI=1S/C65H43NO/c1-4-17-44(18-5-1)45-33-35-46(36-34-45)47-37-40-52(41-38-47)66(59-30-13-11-25-53(59)49-39-42-61-56(43-49)54-27-14-19-48-20-15-32-62(67-61)63(48)54)60-31-16-29-58-64(60)55-26-10-12-28-57(55)65(58,50-21-6-2-7-22-50)51-23-8-3-9-24-51/h1-43H. The Balaban J connectivity index is 1.02. The van der Waals surface area contributed by atoms with E-state index in [9.17, 15) is 0 Å². The van der Waals surface area contributed by atoms with Crippen molar-refractivity contribution in [2.75, 3.05) is 4.90 Å². The van der Waals surface area contributed by atoms with Crippen LogP contribution < -0.4 is 9.64 Å². The summed E-state index contributed by atoms with van der Waals surface area (Å²) >= 11 is 0. The third-order valence-corrected chi connectivity index (χ3v) is 14.0. The largest absolute Gasteiger partial charge is 0.456 e. The van der Waals surface area contributed by atoms with E-state index >= 15 is 0 Å². The Hall–Kier alpha value is -8.72. The smallest absolute Gasteiger partial charge is 0.135 e. The van der Waals surface area contributed by atoms with Crippen LogP contribution in [-0.2, 0) is 5.41 Å². The first-order chi connectivity index (χ1) is 33.2. The lowest BCUT2D eigenvalue weighted by Gasteiger charge is -2.34. The Bertz CT molecular complexity index is 3590. The summed E-state index contributed by atoms with van der Waals surface area (Å²) in [6.07, 6.45) is 0. The number of nitrogens with zero attached hydrogens (tertiary/aromatic N) is 1. The Morgan fingerprint density at radius 2 is 0.821 bits per heavy atom. The maximum absolute atomic E-state index is 6.60. The van der Waals surface area contributed by atoms with Gasteiger partial charge in [-0.1, -0.05) is 218 Å². The number of hydrogen-bond acceptors (Lipinski definition) is 2. The van der Waals surface area contributed by atoms with Crippen molar-refractivity contribution in [1.29, 1.82) is 0 Å². The van der Waals surface area contributed by atoms with Gasteiger partial charge in [0.2, 0.25) is 0 Å². The molecule has 11 aromatic rings. The molecular weight excluding hydrogens is 811 g/mol. The molecule has 0 saturated heterocycles. The van der Waals surface area contributed by atoms with Gasteiger partial charge in [-0.3, -0.25) is 0 Å². The molecular formula is C65H43NO. The van der Waals surface area contributed by atoms with Gasteiger partial charge in [-0.2, -0.15) is 0 Å². The number of anilines is 3. The average molecular weight is 854 g/mol. The minimum Gasteiger partial charge on any atom is -0.456 e. The lowest BCUT2D eigenvalue weighted by atomic mass is 9.68. The number of ether oxygens (including phenoxy) is 1. The summed E-state index contributed by atoms with van der Waals surface area (Å²) in [6.45, 7) is 0. The second-order valence-corrected chi connectivity index (χ2v) is 17.5. The highest BCUT2D eigenvalue weighted by Gasteiger charge is 2.47. The van der Waals surface area contributed by atoms with Crippen LogP contribution in [0, 0.1) is 0 Å². The molecule has 0 atom stereocenters. The molecule has 1 aliphatic carbocycles. The minimum atomic E-state index is -0.540. The Morgan fingerprint density at radius 3 is 1.52 bits per heavy atom. The van der Waals surface area contributed by atoms with Crippen molar-refractivity contribution in [2.45, 2.75) is 5.41 Å². The van der Waals surface area contributed by atoms with Crippen LogP contribution >= 0.6 is 0 Å². The summed E-state index contributed by atoms with van der Waals surface area (Å²) in [4.78, 5) is 2.49. The van der Waals surface area contributed by atoms with Gasteiger partial charge in [0.1, 0.15) is 11.5 Å². The topological polar surface area (TPSA) is 12.5 Å². The second-order valence-electron chi connectivity index (χ2n) is 17.5. The number of para-hydroxylation sites is 1. The van der Waals surface area contributed by atoms with E-state index in [2.05, 4.69) is 266 Å². The molecule has 0 bridgehead atoms. The van der Waals surface area contributed by atoms with E-state index in [1.54, 1.807) is 0 Å². The van der Waals surface area contributed by atoms with E-state index in [0.29, 0.717) is 0 Å². The lowest BCUT2D eigenvalue weighted by Crippen LogP contribution is -2.28. The lowest BCUT2D eigenvalue weighted by molar-refractivity contribution is 0.487. The maximum atomic E-state index is 6.60. The average Bonchev–Trinajstić information content (AvgIpc) is 3.72. The molecule has 2 heteroatoms. The predicted octanol–water partition coefficient (Wildman–Crippen LogP) is 17.4. The number of benzene rings is 11. The molecule has 0 N–H and O–H groups in total. The van der Waals surface area contributed by atoms with Gasteiger partial charge in [0.25, 0.3) is 0 Å². The Labute approximate surface area is 391 Å². The molecule has 2 aliphatic rings. The fourth-order valence-electron chi connectivity index (χ4n) is 11.0. The fraction of sp³-hybridized carbons (Fsp3) is 0.0154. The highest BCUT2D eigenvalue weighted by Crippen LogP contribution is 2.60. The van der Waals surface area contributed by atoms with E-state index in [-0.39, 0.29) is 0 Å². The summed E-state index contributed by atoms with van der Waals surface area (Å²) in [7, 11) is 0. The van der Waals surface area contributed by atoms with Crippen LogP contribution in [-0.4, -0.2) is 0 Å². The zero-order valence-electron chi connectivity index (χ0n) is 36.7. The molecule has 0 saturated carbocycles. The zero-order valence-corrected chi connectivity index (χ0v) is 36.7. The van der Waals surface area contributed by atoms with E-state index in [1.165, 1.54) is 61.0 Å². The summed E-state index contributed by atoms with van der Waals surface area (Å²) < 4.78 is 6.60. The first kappa shape index (κ1) is 38.7. The normalized spacial score (nSPS) is 12.7. The molecule has 0 fully saturated rings. The van der Waals surface area contributed by atoms with Crippen molar-refractivity contribution in [3.05, 3.63) is 283 Å². The van der Waals surface area contributed by atoms with Crippen molar-refractivity contribution in [2.24, 2.45) is 0 Å². The van der Waals surface area contributed by atoms with Gasteiger partial charge >= 0.3 is 0 Å². The number of fused-ring (bicyclic) bond motifs is 5. The first-order valence-electron chi connectivity index (χ1n) is 23.1. The van der Waals surface area contributed by atoms with Gasteiger partial charge in [-0.15, -0.1) is 0 Å². The van der Waals surface area contributed by atoms with Crippen LogP contribution in [0.15, 0.2) is 261 Å². The summed E-state index contributed by atoms with van der Waals surface area (Å²) in [6, 6.07) is 95.1. The molecule has 13 rings (SSSR count). The molecule has 0 spiro atoms. The summed E-state index contributed by atoms with van der Waals surface area (Å²) in [5.74, 6) is 1.77. The van der Waals surface area contributed by atoms with Crippen molar-refractivity contribution < 1.29 is 4.74 Å². The molecule has 2 nitrogen and oxygen atoms in total. The van der Waals surface area contributed by atoms with E-state index in [1.807, 2.05) is 0 Å². The van der Waals surface area contributed by atoms with E-state index < -0.39 is 5.41 Å². The van der Waals surface area contributed by atoms with Crippen LogP contribution in [0.4, 0.5) is 17.1 Å². The van der Waals surface area contributed by atoms with Gasteiger partial charge in [0, 0.05) is 27.8 Å². The van der Waals surface area contributed by atoms with Crippen molar-refractivity contribution >= 4 is 27.8 Å². The predicted molar refractivity (Wildman–Crippen MR) is 278 cm³/mol. The third kappa shape index (κ3) is 6.18. The highest BCUT2D eigenvalue weighted by atomic mass is 16.5. The molecule has 0 radical (unpaired) electrons. The van der Waals surface area contributed by atoms with Crippen LogP contribution in [0.1, 0.15) is 22.3 Å². The number of hydrogen-bond donors (Lipinski definition) is 0. The molecule has 0 amide bonds. The van der Waals surface area contributed by atoms with Gasteiger partial charge in [0.15, 0.2) is 0 Å². The van der Waals surface area contributed by atoms with Gasteiger partial charge < -0.3 is 9.64 Å². The minimum absolute atomic E-state index is 0.540. The van der Waals surface area contributed by atoms with Gasteiger partial charge in [0.05, 0.1) is 16.8 Å². The van der Waals surface area contributed by atoms with E-state index in [4.69, 9.17) is 4.74 Å². The molecule has 0 aromatic heterocycles. The Morgan fingerprint density at radius 1 is 0.313 bits per heavy atom. The van der Waals surface area contributed by atoms with Crippen molar-refractivity contribution in [3.63, 3.8) is 0 Å². The Kier molecular flexibility index (Phi) is 9.11.